The lowest BCUT2D eigenvalue weighted by molar-refractivity contribution is -0.116. The molecule has 0 amide bonds. The minimum atomic E-state index is -0.528. The maximum atomic E-state index is 13.8. The van der Waals surface area contributed by atoms with Crippen molar-refractivity contribution in [3.8, 4) is 17.3 Å². The number of H-pyrrole nitrogens is 1. The monoisotopic (exact) mass is 473 g/mol. The molecule has 3 heterocycles. The Labute approximate surface area is 208 Å². The fourth-order valence-corrected chi connectivity index (χ4v) is 5.29. The van der Waals surface area contributed by atoms with Crippen molar-refractivity contribution < 1.29 is 9.21 Å². The van der Waals surface area contributed by atoms with Gasteiger partial charge in [-0.05, 0) is 29.7 Å². The van der Waals surface area contributed by atoms with Gasteiger partial charge in [0.05, 0.1) is 29.5 Å². The number of furan rings is 1. The van der Waals surface area contributed by atoms with Crippen LogP contribution in [0.5, 0.6) is 0 Å². The number of hydrogen-bond donors (Lipinski definition) is 2. The summed E-state index contributed by atoms with van der Waals surface area (Å²) in [6.07, 6.45) is 2.46. The number of nitrogens with two attached hydrogens (primary N) is 1. The maximum absolute atomic E-state index is 13.8. The van der Waals surface area contributed by atoms with E-state index in [1.165, 1.54) is 0 Å². The van der Waals surface area contributed by atoms with Crippen LogP contribution in [-0.2, 0) is 4.79 Å². The third-order valence-electron chi connectivity index (χ3n) is 6.92. The number of hydrogen-bond acceptors (Lipinski definition) is 6. The molecule has 7 heteroatoms. The van der Waals surface area contributed by atoms with Crippen LogP contribution < -0.4 is 10.6 Å². The summed E-state index contributed by atoms with van der Waals surface area (Å²) in [4.78, 5) is 15.5. The van der Waals surface area contributed by atoms with Crippen LogP contribution in [0, 0.1) is 11.3 Å². The van der Waals surface area contributed by atoms with E-state index in [1.807, 2.05) is 78.9 Å². The normalized spacial score (nSPS) is 19.9. The maximum Gasteiger partial charge on any atom is 0.162 e. The number of allylic oxidation sites excluding steroid dienone is 3. The Morgan fingerprint density at radius 2 is 1.78 bits per heavy atom. The molecule has 176 valence electrons. The summed E-state index contributed by atoms with van der Waals surface area (Å²) in [6, 6.07) is 27.4. The molecule has 0 bridgehead atoms. The zero-order valence-corrected chi connectivity index (χ0v) is 19.4. The lowest BCUT2D eigenvalue weighted by atomic mass is 9.72. The Morgan fingerprint density at radius 3 is 2.47 bits per heavy atom. The molecule has 0 fully saturated rings. The lowest BCUT2D eigenvalue weighted by Gasteiger charge is -2.40. The predicted molar refractivity (Wildman–Crippen MR) is 135 cm³/mol. The first-order chi connectivity index (χ1) is 17.7. The van der Waals surface area contributed by atoms with Crippen molar-refractivity contribution in [2.24, 2.45) is 5.73 Å². The van der Waals surface area contributed by atoms with Gasteiger partial charge in [0.15, 0.2) is 11.6 Å². The lowest BCUT2D eigenvalue weighted by Crippen LogP contribution is -2.40. The summed E-state index contributed by atoms with van der Waals surface area (Å²) < 4.78 is 5.67. The molecule has 2 aromatic carbocycles. The van der Waals surface area contributed by atoms with Gasteiger partial charge in [0.2, 0.25) is 0 Å². The molecule has 3 N–H and O–H groups in total. The summed E-state index contributed by atoms with van der Waals surface area (Å²) in [6.45, 7) is 0. The van der Waals surface area contributed by atoms with Crippen LogP contribution in [0.3, 0.4) is 0 Å². The molecule has 2 aromatic heterocycles. The predicted octanol–water partition coefficient (Wildman–Crippen LogP) is 5.37. The van der Waals surface area contributed by atoms with Crippen LogP contribution in [0.25, 0.3) is 11.3 Å². The Morgan fingerprint density at radius 1 is 1.03 bits per heavy atom. The van der Waals surface area contributed by atoms with Crippen molar-refractivity contribution in [2.45, 2.75) is 24.7 Å². The first-order valence-corrected chi connectivity index (χ1v) is 11.8. The van der Waals surface area contributed by atoms with E-state index in [0.717, 1.165) is 28.3 Å². The highest BCUT2D eigenvalue weighted by molar-refractivity contribution is 6.01. The summed E-state index contributed by atoms with van der Waals surface area (Å²) in [5, 5.41) is 17.9. The van der Waals surface area contributed by atoms with Gasteiger partial charge >= 0.3 is 0 Å². The molecule has 0 radical (unpaired) electrons. The Bertz CT molecular complexity index is 1530. The van der Waals surface area contributed by atoms with E-state index < -0.39 is 5.92 Å². The minimum absolute atomic E-state index is 0.0180. The quantitative estimate of drug-likeness (QED) is 0.412. The van der Waals surface area contributed by atoms with E-state index in [-0.39, 0.29) is 17.5 Å². The van der Waals surface area contributed by atoms with E-state index in [9.17, 15) is 10.1 Å². The molecule has 2 aliphatic rings. The number of ketones is 1. The van der Waals surface area contributed by atoms with E-state index in [4.69, 9.17) is 10.2 Å². The Kier molecular flexibility index (Phi) is 5.27. The molecule has 1 aliphatic carbocycles. The number of carbonyl (C=O) groups is 1. The number of anilines is 1. The highest BCUT2D eigenvalue weighted by Gasteiger charge is 2.43. The van der Waals surface area contributed by atoms with Crippen LogP contribution in [0.4, 0.5) is 5.82 Å². The molecule has 0 saturated heterocycles. The van der Waals surface area contributed by atoms with Crippen molar-refractivity contribution in [2.75, 3.05) is 4.90 Å². The van der Waals surface area contributed by atoms with Crippen molar-refractivity contribution in [3.63, 3.8) is 0 Å². The average molecular weight is 474 g/mol. The van der Waals surface area contributed by atoms with Crippen molar-refractivity contribution in [1.82, 2.24) is 10.2 Å². The Hall–Kier alpha value is -4.83. The number of aromatic amines is 1. The van der Waals surface area contributed by atoms with Crippen LogP contribution in [0.2, 0.25) is 0 Å². The minimum Gasteiger partial charge on any atom is -0.469 e. The van der Waals surface area contributed by atoms with Gasteiger partial charge in [-0.3, -0.25) is 14.8 Å². The topological polar surface area (TPSA) is 112 Å². The largest absolute Gasteiger partial charge is 0.469 e. The van der Waals surface area contributed by atoms with Crippen molar-refractivity contribution in [3.05, 3.63) is 119 Å². The van der Waals surface area contributed by atoms with E-state index in [2.05, 4.69) is 16.3 Å². The standard InChI is InChI=1S/C29H23N5O2/c30-17-21-27(19-10-5-2-6-11-19)28-23(14-20(15-24(28)35)25-12-7-13-36-25)34(29(21)31)26-16-22(32-33-26)18-8-3-1-4-9-18/h1-13,16,20,27H,14-15,31H2,(H,32,33). The second-order valence-electron chi connectivity index (χ2n) is 9.00. The number of rotatable bonds is 4. The molecule has 6 rings (SSSR count). The molecule has 4 aromatic rings. The fourth-order valence-electron chi connectivity index (χ4n) is 5.29. The molecule has 2 atom stereocenters. The molecule has 36 heavy (non-hydrogen) atoms. The fraction of sp³-hybridized carbons (Fsp3) is 0.138. The second kappa shape index (κ2) is 8.75. The Balaban J connectivity index is 1.53. The smallest absolute Gasteiger partial charge is 0.162 e. The number of nitrogens with zero attached hydrogens (tertiary/aromatic N) is 3. The van der Waals surface area contributed by atoms with Crippen LogP contribution in [0.1, 0.15) is 36.0 Å². The van der Waals surface area contributed by atoms with E-state index in [1.54, 1.807) is 11.2 Å². The zero-order chi connectivity index (χ0) is 24.6. The molecule has 0 spiro atoms. The molecule has 1 aliphatic heterocycles. The zero-order valence-electron chi connectivity index (χ0n) is 19.4. The van der Waals surface area contributed by atoms with E-state index in [0.29, 0.717) is 29.8 Å². The number of aromatic nitrogens is 2. The highest BCUT2D eigenvalue weighted by atomic mass is 16.3. The van der Waals surface area contributed by atoms with Crippen molar-refractivity contribution >= 4 is 11.6 Å². The van der Waals surface area contributed by atoms with Gasteiger partial charge in [0.1, 0.15) is 11.6 Å². The second-order valence-corrected chi connectivity index (χ2v) is 9.00. The molecule has 7 nitrogen and oxygen atoms in total. The summed E-state index contributed by atoms with van der Waals surface area (Å²) in [5.74, 6) is 0.895. The van der Waals surface area contributed by atoms with Crippen molar-refractivity contribution in [1.29, 1.82) is 5.26 Å². The van der Waals surface area contributed by atoms with Gasteiger partial charge in [-0.2, -0.15) is 10.4 Å². The highest BCUT2D eigenvalue weighted by Crippen LogP contribution is 2.49. The molecule has 0 saturated carbocycles. The third-order valence-corrected chi connectivity index (χ3v) is 6.92. The average Bonchev–Trinajstić information content (AvgIpc) is 3.62. The van der Waals surface area contributed by atoms with Crippen LogP contribution in [0.15, 0.2) is 112 Å². The molecular formula is C29H23N5O2. The third kappa shape index (κ3) is 3.51. The van der Waals surface area contributed by atoms with Gasteiger partial charge in [0.25, 0.3) is 0 Å². The van der Waals surface area contributed by atoms with Gasteiger partial charge in [-0.15, -0.1) is 0 Å². The van der Waals surface area contributed by atoms with Gasteiger partial charge in [-0.25, -0.2) is 0 Å². The number of Topliss-reactive ketones (excluding diaryl/α,β-unsaturated/α-hetero) is 1. The number of benzene rings is 2. The van der Waals surface area contributed by atoms with Crippen LogP contribution in [-0.4, -0.2) is 16.0 Å². The molecule has 2 unspecified atom stereocenters. The summed E-state index contributed by atoms with van der Waals surface area (Å²) in [7, 11) is 0. The summed E-state index contributed by atoms with van der Waals surface area (Å²) >= 11 is 0. The summed E-state index contributed by atoms with van der Waals surface area (Å²) in [5.41, 5.74) is 11.1. The van der Waals surface area contributed by atoms with Gasteiger partial charge in [-0.1, -0.05) is 60.7 Å². The number of nitrogens with one attached hydrogen (secondary N) is 1. The van der Waals surface area contributed by atoms with Crippen LogP contribution >= 0.6 is 0 Å². The van der Waals surface area contributed by atoms with Gasteiger partial charge < -0.3 is 10.2 Å². The first-order valence-electron chi connectivity index (χ1n) is 11.8. The SMILES string of the molecule is N#CC1=C(N)N(c2cc(-c3ccccc3)[nH]n2)C2=C(C(=O)CC(c3ccco3)C2)C1c1ccccc1. The van der Waals surface area contributed by atoms with Gasteiger partial charge in [0, 0.05) is 29.7 Å². The molecular weight excluding hydrogens is 450 g/mol. The number of carbonyl (C=O) groups excluding carboxylic acids is 1. The first kappa shape index (κ1) is 21.7. The van der Waals surface area contributed by atoms with E-state index >= 15 is 0 Å². The number of nitriles is 1.